The third kappa shape index (κ3) is 5.08. The zero-order valence-electron chi connectivity index (χ0n) is 33.5. The highest BCUT2D eigenvalue weighted by Gasteiger charge is 2.50. The summed E-state index contributed by atoms with van der Waals surface area (Å²) >= 11 is 1.91. The van der Waals surface area contributed by atoms with Crippen molar-refractivity contribution in [1.29, 1.82) is 0 Å². The molecule has 288 valence electrons. The highest BCUT2D eigenvalue weighted by Crippen LogP contribution is 2.63. The number of hydrogen-bond donors (Lipinski definition) is 0. The minimum absolute atomic E-state index is 0.627. The van der Waals surface area contributed by atoms with Crippen LogP contribution in [0, 0.1) is 0 Å². The summed E-state index contributed by atoms with van der Waals surface area (Å²) in [6.45, 7) is 0. The van der Waals surface area contributed by atoms with Crippen molar-refractivity contribution in [1.82, 2.24) is 15.0 Å². The molecule has 0 saturated heterocycles. The number of fused-ring (bicyclic) bond motifs is 16. The van der Waals surface area contributed by atoms with Gasteiger partial charge in [-0.3, -0.25) is 4.98 Å². The van der Waals surface area contributed by atoms with Crippen LogP contribution in [0.25, 0.3) is 98.6 Å². The molecule has 1 atom stereocenters. The van der Waals surface area contributed by atoms with Crippen LogP contribution in [0.2, 0.25) is 0 Å². The number of nitrogens with zero attached hydrogens (tertiary/aromatic N) is 3. The Hall–Kier alpha value is -7.79. The van der Waals surface area contributed by atoms with Crippen LogP contribution in [0.3, 0.4) is 0 Å². The fourth-order valence-electron chi connectivity index (χ4n) is 10.3. The van der Waals surface area contributed by atoms with Gasteiger partial charge in [-0.1, -0.05) is 176 Å². The van der Waals surface area contributed by atoms with E-state index in [1.807, 2.05) is 23.6 Å². The molecule has 13 rings (SSSR count). The van der Waals surface area contributed by atoms with E-state index in [1.165, 1.54) is 75.8 Å². The maximum Gasteiger partial charge on any atom is 0.160 e. The summed E-state index contributed by atoms with van der Waals surface area (Å²) in [6.07, 6.45) is 3.70. The molecular weight excluding hydrogens is 771 g/mol. The van der Waals surface area contributed by atoms with Crippen molar-refractivity contribution in [2.75, 3.05) is 0 Å². The summed E-state index contributed by atoms with van der Waals surface area (Å²) in [6, 6.07) is 73.1. The van der Waals surface area contributed by atoms with Crippen molar-refractivity contribution in [2.45, 2.75) is 5.41 Å². The van der Waals surface area contributed by atoms with Crippen LogP contribution in [0.4, 0.5) is 0 Å². The highest BCUT2D eigenvalue weighted by molar-refractivity contribution is 7.26. The van der Waals surface area contributed by atoms with E-state index in [0.29, 0.717) is 5.82 Å². The molecule has 0 radical (unpaired) electrons. The van der Waals surface area contributed by atoms with Crippen LogP contribution in [0.1, 0.15) is 22.3 Å². The standard InChI is InChI=1S/C58H35N3S/c1-2-13-37(14-3-1)52-34-53(61-57(60-52)38-26-24-36(25-27-38)40-15-12-32-59-35-40)39-28-29-44-42-17-5-4-16-41(42)43-18-6-9-21-48(43)58(51(44)33-39)49-22-10-7-20-47(49)55-50(58)31-30-46-45-19-8-11-23-54(45)62-56(46)55/h1-35H. The Morgan fingerprint density at radius 1 is 0.371 bits per heavy atom. The van der Waals surface area contributed by atoms with Crippen LogP contribution < -0.4 is 0 Å². The van der Waals surface area contributed by atoms with E-state index in [4.69, 9.17) is 9.97 Å². The third-order valence-corrected chi connectivity index (χ3v) is 14.2. The van der Waals surface area contributed by atoms with Gasteiger partial charge < -0.3 is 0 Å². The molecule has 11 aromatic rings. The van der Waals surface area contributed by atoms with Crippen molar-refractivity contribution in [3.8, 4) is 78.4 Å². The first-order chi connectivity index (χ1) is 30.7. The second-order valence-corrected chi connectivity index (χ2v) is 17.3. The molecule has 4 heteroatoms. The van der Waals surface area contributed by atoms with Gasteiger partial charge in [0.2, 0.25) is 0 Å². The van der Waals surface area contributed by atoms with Gasteiger partial charge in [-0.2, -0.15) is 0 Å². The molecular formula is C58H35N3S. The first kappa shape index (κ1) is 35.0. The summed E-state index contributed by atoms with van der Waals surface area (Å²) in [5.41, 5.74) is 19.1. The van der Waals surface area contributed by atoms with Gasteiger partial charge in [0.1, 0.15) is 0 Å². The normalized spacial score (nSPS) is 14.5. The quantitative estimate of drug-likeness (QED) is 0.178. The maximum absolute atomic E-state index is 5.41. The molecule has 1 spiro atoms. The molecule has 8 aromatic carbocycles. The average Bonchev–Trinajstić information content (AvgIpc) is 3.85. The second kappa shape index (κ2) is 13.6. The van der Waals surface area contributed by atoms with Crippen LogP contribution in [0.15, 0.2) is 213 Å². The van der Waals surface area contributed by atoms with E-state index in [2.05, 4.69) is 199 Å². The van der Waals surface area contributed by atoms with Crippen LogP contribution in [0.5, 0.6) is 0 Å². The van der Waals surface area contributed by atoms with Gasteiger partial charge in [-0.15, -0.1) is 11.3 Å². The molecule has 0 aliphatic heterocycles. The van der Waals surface area contributed by atoms with Gasteiger partial charge in [0.05, 0.1) is 16.8 Å². The van der Waals surface area contributed by atoms with Crippen molar-refractivity contribution < 1.29 is 0 Å². The van der Waals surface area contributed by atoms with Gasteiger partial charge in [0.15, 0.2) is 5.82 Å². The maximum atomic E-state index is 5.41. The average molecular weight is 806 g/mol. The van der Waals surface area contributed by atoms with Gasteiger partial charge in [-0.05, 0) is 85.5 Å². The zero-order chi connectivity index (χ0) is 40.8. The number of pyridine rings is 1. The molecule has 0 bridgehead atoms. The second-order valence-electron chi connectivity index (χ2n) is 16.3. The molecule has 3 nitrogen and oxygen atoms in total. The Kier molecular flexibility index (Phi) is 7.69. The van der Waals surface area contributed by atoms with E-state index in [0.717, 1.165) is 39.2 Å². The van der Waals surface area contributed by atoms with Gasteiger partial charge in [-0.25, -0.2) is 9.97 Å². The van der Waals surface area contributed by atoms with Crippen molar-refractivity contribution in [2.24, 2.45) is 0 Å². The van der Waals surface area contributed by atoms with Crippen molar-refractivity contribution >= 4 is 31.5 Å². The Balaban J connectivity index is 1.10. The Labute approximate surface area is 363 Å². The Morgan fingerprint density at radius 3 is 1.76 bits per heavy atom. The van der Waals surface area contributed by atoms with E-state index in [9.17, 15) is 0 Å². The summed E-state index contributed by atoms with van der Waals surface area (Å²) in [4.78, 5) is 15.0. The molecule has 3 aromatic heterocycles. The lowest BCUT2D eigenvalue weighted by molar-refractivity contribution is 0.776. The molecule has 0 saturated carbocycles. The van der Waals surface area contributed by atoms with Gasteiger partial charge in [0, 0.05) is 54.8 Å². The molecule has 2 aliphatic rings. The molecule has 62 heavy (non-hydrogen) atoms. The smallest absolute Gasteiger partial charge is 0.160 e. The predicted molar refractivity (Wildman–Crippen MR) is 256 cm³/mol. The number of benzene rings is 8. The van der Waals surface area contributed by atoms with Gasteiger partial charge >= 0.3 is 0 Å². The largest absolute Gasteiger partial charge is 0.264 e. The van der Waals surface area contributed by atoms with Crippen molar-refractivity contribution in [3.05, 3.63) is 235 Å². The third-order valence-electron chi connectivity index (χ3n) is 13.0. The van der Waals surface area contributed by atoms with E-state index < -0.39 is 5.41 Å². The minimum atomic E-state index is -0.627. The fraction of sp³-hybridized carbons (Fsp3) is 0.0172. The number of thiophene rings is 1. The first-order valence-corrected chi connectivity index (χ1v) is 21.9. The predicted octanol–water partition coefficient (Wildman–Crippen LogP) is 14.9. The summed E-state index contributed by atoms with van der Waals surface area (Å²) in [5, 5.41) is 2.62. The lowest BCUT2D eigenvalue weighted by atomic mass is 9.65. The lowest BCUT2D eigenvalue weighted by Crippen LogP contribution is -2.29. The van der Waals surface area contributed by atoms with Gasteiger partial charge in [0.25, 0.3) is 0 Å². The lowest BCUT2D eigenvalue weighted by Gasteiger charge is -2.35. The SMILES string of the molecule is c1ccc(-c2cc(-c3ccc4c(c3)C3(c5ccccc5-c5ccccc5-4)c4ccccc4-c4c3ccc3c4sc4ccccc43)nc(-c3ccc(-c4cccnc4)cc3)n2)cc1. The zero-order valence-corrected chi connectivity index (χ0v) is 34.3. The molecule has 2 aliphatic carbocycles. The molecule has 0 N–H and O–H groups in total. The number of aromatic nitrogens is 3. The monoisotopic (exact) mass is 805 g/mol. The highest BCUT2D eigenvalue weighted by atomic mass is 32.1. The van der Waals surface area contributed by atoms with Crippen LogP contribution >= 0.6 is 11.3 Å². The molecule has 1 unspecified atom stereocenters. The number of rotatable bonds is 4. The van der Waals surface area contributed by atoms with E-state index in [1.54, 1.807) is 6.20 Å². The fourth-order valence-corrected chi connectivity index (χ4v) is 11.6. The Morgan fingerprint density at radius 2 is 0.984 bits per heavy atom. The van der Waals surface area contributed by atoms with E-state index in [-0.39, 0.29) is 0 Å². The van der Waals surface area contributed by atoms with Crippen molar-refractivity contribution in [3.63, 3.8) is 0 Å². The minimum Gasteiger partial charge on any atom is -0.264 e. The summed E-state index contributed by atoms with van der Waals surface area (Å²) < 4.78 is 2.65. The Bertz CT molecular complexity index is 3570. The van der Waals surface area contributed by atoms with Crippen LogP contribution in [-0.4, -0.2) is 15.0 Å². The molecule has 0 fully saturated rings. The van der Waals surface area contributed by atoms with Crippen LogP contribution in [-0.2, 0) is 5.41 Å². The molecule has 3 heterocycles. The number of hydrogen-bond acceptors (Lipinski definition) is 4. The topological polar surface area (TPSA) is 38.7 Å². The first-order valence-electron chi connectivity index (χ1n) is 21.1. The summed E-state index contributed by atoms with van der Waals surface area (Å²) in [5.74, 6) is 0.683. The summed E-state index contributed by atoms with van der Waals surface area (Å²) in [7, 11) is 0. The molecule has 0 amide bonds. The van der Waals surface area contributed by atoms with E-state index >= 15 is 0 Å².